The monoisotopic (exact) mass is 726 g/mol. The van der Waals surface area contributed by atoms with Gasteiger partial charge in [0.2, 0.25) is 0 Å². The van der Waals surface area contributed by atoms with Crippen molar-refractivity contribution in [1.82, 2.24) is 0 Å². The zero-order chi connectivity index (χ0) is 0. The molecule has 0 heterocycles. The molecule has 7 heavy (non-hydrogen) atoms. The Balaban J connectivity index is 0. The second-order valence-electron chi connectivity index (χ2n) is 0. The summed E-state index contributed by atoms with van der Waals surface area (Å²) in [4.78, 5) is 0. The van der Waals surface area contributed by atoms with Crippen molar-refractivity contribution < 1.29 is 145 Å². The minimum Gasteiger partial charge on any atom is -2.00 e. The molecule has 0 amide bonds. The van der Waals surface area contributed by atoms with Crippen LogP contribution < -0.4 is 0 Å². The fourth-order valence-corrected chi connectivity index (χ4v) is 0. The van der Waals surface area contributed by atoms with Gasteiger partial charge in [0, 0.05) is 51.7 Å². The molecule has 0 N–H and O–H groups in total. The summed E-state index contributed by atoms with van der Waals surface area (Å²) in [5.74, 6) is 0. The predicted molar refractivity (Wildman–Crippen MR) is 2.06 cm³/mol. The molecule has 0 fully saturated rings. The van der Waals surface area contributed by atoms with E-state index in [1.54, 1.807) is 0 Å². The topological polar surface area (TPSA) is 85.5 Å². The second kappa shape index (κ2) is 49.0. The molecular formula is Hf2O3Tb2. The standard InChI is InChI=1S/2Hf.3O.2Tb/q;;3*-2;2*+3. The number of rotatable bonds is 0. The molecule has 0 spiro atoms. The summed E-state index contributed by atoms with van der Waals surface area (Å²) in [6.07, 6.45) is 0. The van der Waals surface area contributed by atoms with Gasteiger partial charge in [0.05, 0.1) is 0 Å². The Morgan fingerprint density at radius 1 is 0.429 bits per heavy atom. The second-order valence-corrected chi connectivity index (χ2v) is 0. The first kappa shape index (κ1) is 66.2. The summed E-state index contributed by atoms with van der Waals surface area (Å²) in [5.41, 5.74) is 0. The minimum atomic E-state index is 0. The van der Waals surface area contributed by atoms with Gasteiger partial charge in [-0.05, 0) is 0 Å². The van der Waals surface area contributed by atoms with Crippen molar-refractivity contribution in [1.29, 1.82) is 0 Å². The SMILES string of the molecule is [Hf].[Hf].[O-2].[O-2].[O-2].[Tb+3].[Tb+3]. The molecule has 0 aromatic carbocycles. The van der Waals surface area contributed by atoms with E-state index in [1.165, 1.54) is 0 Å². The zero-order valence-corrected chi connectivity index (χ0v) is 14.4. The molecule has 0 unspecified atom stereocenters. The van der Waals surface area contributed by atoms with E-state index in [0.717, 1.165) is 0 Å². The molecule has 0 bridgehead atoms. The van der Waals surface area contributed by atoms with Crippen LogP contribution in [0.15, 0.2) is 0 Å². The average molecular weight is 723 g/mol. The Labute approximate surface area is 142 Å². The molecule has 0 aromatic heterocycles. The predicted octanol–water partition coefficient (Wildman–Crippen LogP) is -0.361. The van der Waals surface area contributed by atoms with Gasteiger partial charge in [-0.1, -0.05) is 0 Å². The van der Waals surface area contributed by atoms with E-state index >= 15 is 0 Å². The molecule has 0 aliphatic carbocycles. The molecule has 3 nitrogen and oxygen atoms in total. The van der Waals surface area contributed by atoms with Crippen molar-refractivity contribution in [2.24, 2.45) is 0 Å². The summed E-state index contributed by atoms with van der Waals surface area (Å²) in [7, 11) is 0. The van der Waals surface area contributed by atoms with Crippen LogP contribution >= 0.6 is 0 Å². The van der Waals surface area contributed by atoms with E-state index in [1.807, 2.05) is 0 Å². The van der Waals surface area contributed by atoms with Gasteiger partial charge in [-0.15, -0.1) is 0 Å². The Bertz CT molecular complexity index is 10.9. The van der Waals surface area contributed by atoms with E-state index in [-0.39, 0.29) is 145 Å². The van der Waals surface area contributed by atoms with Crippen LogP contribution in [-0.2, 0) is 68.1 Å². The van der Waals surface area contributed by atoms with E-state index in [2.05, 4.69) is 0 Å². The van der Waals surface area contributed by atoms with Crippen LogP contribution in [0, 0.1) is 77.2 Å². The Morgan fingerprint density at radius 3 is 0.429 bits per heavy atom. The van der Waals surface area contributed by atoms with Gasteiger partial charge >= 0.3 is 77.2 Å². The molecule has 0 rings (SSSR count). The van der Waals surface area contributed by atoms with Crippen LogP contribution in [0.3, 0.4) is 0 Å². The smallest absolute Gasteiger partial charge is 2.00 e. The molecule has 0 aliphatic heterocycles. The molecule has 7 heteroatoms. The molecular weight excluding hydrogens is 723 g/mol. The first-order valence-electron chi connectivity index (χ1n) is 0. The fraction of sp³-hybridized carbons (Fsp3) is 0. The van der Waals surface area contributed by atoms with Crippen LogP contribution in [0.2, 0.25) is 0 Å². The van der Waals surface area contributed by atoms with Crippen LogP contribution in [-0.4, -0.2) is 0 Å². The largest absolute Gasteiger partial charge is 3.00 e. The normalized spacial score (nSPS) is 0. The summed E-state index contributed by atoms with van der Waals surface area (Å²) in [6.45, 7) is 0. The third-order valence-electron chi connectivity index (χ3n) is 0. The van der Waals surface area contributed by atoms with Gasteiger partial charge < -0.3 is 16.4 Å². The molecule has 0 atom stereocenters. The van der Waals surface area contributed by atoms with E-state index in [0.29, 0.717) is 0 Å². The van der Waals surface area contributed by atoms with Crippen molar-refractivity contribution in [2.45, 2.75) is 0 Å². The maximum Gasteiger partial charge on any atom is 3.00 e. The fourth-order valence-electron chi connectivity index (χ4n) is 0. The van der Waals surface area contributed by atoms with Crippen molar-refractivity contribution in [3.63, 3.8) is 0 Å². The maximum absolute atomic E-state index is 0. The Kier molecular flexibility index (Phi) is 463. The third kappa shape index (κ3) is 38.9. The van der Waals surface area contributed by atoms with Gasteiger partial charge in [0.25, 0.3) is 0 Å². The van der Waals surface area contributed by atoms with Crippen molar-refractivity contribution in [2.75, 3.05) is 0 Å². The summed E-state index contributed by atoms with van der Waals surface area (Å²) in [5, 5.41) is 0. The van der Waals surface area contributed by atoms with Crippen LogP contribution in [0.4, 0.5) is 0 Å². The van der Waals surface area contributed by atoms with E-state index < -0.39 is 0 Å². The molecule has 0 radical (unpaired) electrons. The third-order valence-corrected chi connectivity index (χ3v) is 0. The first-order chi connectivity index (χ1) is 0. The maximum atomic E-state index is 0. The molecule has 0 saturated heterocycles. The molecule has 0 saturated carbocycles. The van der Waals surface area contributed by atoms with Gasteiger partial charge in [-0.25, -0.2) is 0 Å². The van der Waals surface area contributed by atoms with Crippen LogP contribution in [0.5, 0.6) is 0 Å². The zero-order valence-electron chi connectivity index (χ0n) is 2.89. The summed E-state index contributed by atoms with van der Waals surface area (Å²) < 4.78 is 0. The quantitative estimate of drug-likeness (QED) is 0.307. The Hall–Kier alpha value is 4.19. The molecule has 44 valence electrons. The van der Waals surface area contributed by atoms with Crippen molar-refractivity contribution >= 4 is 0 Å². The van der Waals surface area contributed by atoms with Gasteiger partial charge in [0.15, 0.2) is 0 Å². The van der Waals surface area contributed by atoms with Gasteiger partial charge in [0.1, 0.15) is 0 Å². The van der Waals surface area contributed by atoms with Crippen molar-refractivity contribution in [3.05, 3.63) is 0 Å². The Morgan fingerprint density at radius 2 is 0.429 bits per heavy atom. The van der Waals surface area contributed by atoms with E-state index in [9.17, 15) is 0 Å². The summed E-state index contributed by atoms with van der Waals surface area (Å²) >= 11 is 0. The van der Waals surface area contributed by atoms with Crippen LogP contribution in [0.25, 0.3) is 0 Å². The van der Waals surface area contributed by atoms with Gasteiger partial charge in [-0.2, -0.15) is 0 Å². The van der Waals surface area contributed by atoms with E-state index in [4.69, 9.17) is 0 Å². The summed E-state index contributed by atoms with van der Waals surface area (Å²) in [6, 6.07) is 0. The van der Waals surface area contributed by atoms with Crippen molar-refractivity contribution in [3.8, 4) is 0 Å². The molecule has 0 aromatic rings. The minimum absolute atomic E-state index is 0. The molecule has 0 aliphatic rings. The average Bonchev–Trinajstić information content (AvgIpc) is 0. The van der Waals surface area contributed by atoms with Gasteiger partial charge in [-0.3, -0.25) is 0 Å². The number of hydrogen-bond donors (Lipinski definition) is 0. The van der Waals surface area contributed by atoms with Crippen LogP contribution in [0.1, 0.15) is 0 Å². The first-order valence-corrected chi connectivity index (χ1v) is 0. The number of hydrogen-bond acceptors (Lipinski definition) is 0.